The lowest BCUT2D eigenvalue weighted by Gasteiger charge is -2.22. The molecule has 0 aliphatic carbocycles. The molecule has 0 bridgehead atoms. The van der Waals surface area contributed by atoms with Gasteiger partial charge in [0.2, 0.25) is 5.91 Å². The summed E-state index contributed by atoms with van der Waals surface area (Å²) in [5.74, 6) is -0.629. The molecule has 198 valence electrons. The van der Waals surface area contributed by atoms with Gasteiger partial charge in [-0.05, 0) is 96.1 Å². The SMILES string of the molecule is Cc1cc(-c2cc(C(C)C)c(CC(=O)NS(=O)(=O)c3ccc(CN(C)C)cc3)c(C(C)C)c2)ccc1F. The van der Waals surface area contributed by atoms with E-state index >= 15 is 0 Å². The van der Waals surface area contributed by atoms with Gasteiger partial charge in [0, 0.05) is 6.54 Å². The summed E-state index contributed by atoms with van der Waals surface area (Å²) < 4.78 is 42.0. The molecule has 37 heavy (non-hydrogen) atoms. The minimum absolute atomic E-state index is 0.0539. The highest BCUT2D eigenvalue weighted by molar-refractivity contribution is 7.90. The molecular formula is C30H37FN2O3S. The lowest BCUT2D eigenvalue weighted by molar-refractivity contribution is -0.118. The van der Waals surface area contributed by atoms with Crippen LogP contribution in [0.2, 0.25) is 0 Å². The van der Waals surface area contributed by atoms with E-state index in [0.717, 1.165) is 33.4 Å². The van der Waals surface area contributed by atoms with Crippen molar-refractivity contribution in [3.63, 3.8) is 0 Å². The number of rotatable bonds is 9. The second kappa shape index (κ2) is 11.6. The third-order valence-corrected chi connectivity index (χ3v) is 7.76. The Balaban J connectivity index is 1.93. The van der Waals surface area contributed by atoms with E-state index in [1.54, 1.807) is 25.1 Å². The summed E-state index contributed by atoms with van der Waals surface area (Å²) in [7, 11) is -0.121. The third kappa shape index (κ3) is 7.05. The Bertz CT molecular complexity index is 1350. The molecule has 7 heteroatoms. The lowest BCUT2D eigenvalue weighted by atomic mass is 9.84. The molecule has 0 atom stereocenters. The summed E-state index contributed by atoms with van der Waals surface area (Å²) in [6.45, 7) is 10.6. The fourth-order valence-electron chi connectivity index (χ4n) is 4.49. The monoisotopic (exact) mass is 524 g/mol. The van der Waals surface area contributed by atoms with Crippen molar-refractivity contribution >= 4 is 15.9 Å². The predicted octanol–water partition coefficient (Wildman–Crippen LogP) is 6.16. The van der Waals surface area contributed by atoms with Crippen molar-refractivity contribution < 1.29 is 17.6 Å². The van der Waals surface area contributed by atoms with E-state index < -0.39 is 15.9 Å². The van der Waals surface area contributed by atoms with Gasteiger partial charge in [0.25, 0.3) is 10.0 Å². The molecule has 0 aliphatic heterocycles. The molecule has 0 saturated carbocycles. The van der Waals surface area contributed by atoms with E-state index in [-0.39, 0.29) is 29.0 Å². The quantitative estimate of drug-likeness (QED) is 0.364. The third-order valence-electron chi connectivity index (χ3n) is 6.37. The van der Waals surface area contributed by atoms with Gasteiger partial charge in [0.05, 0.1) is 11.3 Å². The van der Waals surface area contributed by atoms with Crippen LogP contribution in [0.4, 0.5) is 4.39 Å². The summed E-state index contributed by atoms with van der Waals surface area (Å²) in [6, 6.07) is 15.7. The van der Waals surface area contributed by atoms with Gasteiger partial charge in [-0.2, -0.15) is 0 Å². The maximum atomic E-state index is 13.9. The number of hydrogen-bond donors (Lipinski definition) is 1. The van der Waals surface area contributed by atoms with E-state index in [2.05, 4.69) is 4.72 Å². The fourth-order valence-corrected chi connectivity index (χ4v) is 5.47. The van der Waals surface area contributed by atoms with E-state index in [1.165, 1.54) is 18.2 Å². The minimum Gasteiger partial charge on any atom is -0.305 e. The summed E-state index contributed by atoms with van der Waals surface area (Å²) in [4.78, 5) is 15.1. The minimum atomic E-state index is -4.00. The largest absolute Gasteiger partial charge is 0.305 e. The predicted molar refractivity (Wildman–Crippen MR) is 148 cm³/mol. The number of carbonyl (C=O) groups excluding carboxylic acids is 1. The number of sulfonamides is 1. The Labute approximate surface area is 220 Å². The maximum Gasteiger partial charge on any atom is 0.264 e. The van der Waals surface area contributed by atoms with Crippen molar-refractivity contribution in [2.24, 2.45) is 0 Å². The number of amides is 1. The van der Waals surface area contributed by atoms with Crippen LogP contribution in [-0.2, 0) is 27.8 Å². The zero-order valence-electron chi connectivity index (χ0n) is 22.7. The Kier molecular flexibility index (Phi) is 8.92. The molecule has 0 unspecified atom stereocenters. The van der Waals surface area contributed by atoms with Crippen LogP contribution < -0.4 is 4.72 Å². The highest BCUT2D eigenvalue weighted by atomic mass is 32.2. The van der Waals surface area contributed by atoms with Crippen molar-refractivity contribution in [2.75, 3.05) is 14.1 Å². The topological polar surface area (TPSA) is 66.5 Å². The molecule has 1 N–H and O–H groups in total. The van der Waals surface area contributed by atoms with E-state index in [9.17, 15) is 17.6 Å². The Morgan fingerprint density at radius 1 is 0.892 bits per heavy atom. The van der Waals surface area contributed by atoms with Gasteiger partial charge in [0.1, 0.15) is 5.82 Å². The number of aryl methyl sites for hydroxylation is 1. The van der Waals surface area contributed by atoms with Crippen molar-refractivity contribution in [2.45, 2.75) is 64.3 Å². The first-order valence-corrected chi connectivity index (χ1v) is 14.0. The Morgan fingerprint density at radius 3 is 1.95 bits per heavy atom. The average molecular weight is 525 g/mol. The Morgan fingerprint density at radius 2 is 1.46 bits per heavy atom. The number of nitrogens with one attached hydrogen (secondary N) is 1. The number of nitrogens with zero attached hydrogens (tertiary/aromatic N) is 1. The van der Waals surface area contributed by atoms with Crippen molar-refractivity contribution in [1.82, 2.24) is 9.62 Å². The molecule has 0 aromatic heterocycles. The molecule has 0 saturated heterocycles. The van der Waals surface area contributed by atoms with Crippen LogP contribution in [0, 0.1) is 12.7 Å². The molecule has 3 aromatic carbocycles. The number of halogens is 1. The van der Waals surface area contributed by atoms with Gasteiger partial charge in [0.15, 0.2) is 0 Å². The Hall–Kier alpha value is -3.03. The van der Waals surface area contributed by atoms with Gasteiger partial charge in [-0.25, -0.2) is 17.5 Å². The van der Waals surface area contributed by atoms with Crippen LogP contribution in [0.1, 0.15) is 67.3 Å². The number of hydrogen-bond acceptors (Lipinski definition) is 4. The van der Waals surface area contributed by atoms with Crippen LogP contribution in [0.15, 0.2) is 59.5 Å². The van der Waals surface area contributed by atoms with Gasteiger partial charge in [-0.3, -0.25) is 4.79 Å². The summed E-state index contributed by atoms with van der Waals surface area (Å²) in [5, 5.41) is 0. The van der Waals surface area contributed by atoms with Gasteiger partial charge in [-0.1, -0.05) is 58.0 Å². The molecule has 3 rings (SSSR count). The first kappa shape index (κ1) is 28.5. The van der Waals surface area contributed by atoms with Gasteiger partial charge >= 0.3 is 0 Å². The van der Waals surface area contributed by atoms with E-state index in [0.29, 0.717) is 12.1 Å². The summed E-state index contributed by atoms with van der Waals surface area (Å²) >= 11 is 0. The second-order valence-corrected chi connectivity index (χ2v) is 12.2. The number of carbonyl (C=O) groups is 1. The normalized spacial score (nSPS) is 12.0. The van der Waals surface area contributed by atoms with Crippen molar-refractivity contribution in [3.05, 3.63) is 88.2 Å². The summed E-state index contributed by atoms with van der Waals surface area (Å²) in [5.41, 5.74) is 6.19. The van der Waals surface area contributed by atoms with E-state index in [4.69, 9.17) is 0 Å². The van der Waals surface area contributed by atoms with Crippen LogP contribution >= 0.6 is 0 Å². The standard InChI is InChI=1S/C30H37FN2O3S/c1-19(2)26-15-24(23-10-13-29(31)21(5)14-23)16-27(20(3)4)28(26)17-30(34)32-37(35,36)25-11-8-22(9-12-25)18-33(6)7/h8-16,19-20H,17-18H2,1-7H3,(H,32,34). The zero-order chi connectivity index (χ0) is 27.5. The average Bonchev–Trinajstić information content (AvgIpc) is 2.80. The van der Waals surface area contributed by atoms with Crippen LogP contribution in [0.5, 0.6) is 0 Å². The molecule has 0 radical (unpaired) electrons. The van der Waals surface area contributed by atoms with Crippen LogP contribution in [0.25, 0.3) is 11.1 Å². The molecular weight excluding hydrogens is 487 g/mol. The molecule has 0 spiro atoms. The summed E-state index contributed by atoms with van der Waals surface area (Å²) in [6.07, 6.45) is -0.0539. The first-order chi connectivity index (χ1) is 17.3. The zero-order valence-corrected chi connectivity index (χ0v) is 23.5. The highest BCUT2D eigenvalue weighted by Gasteiger charge is 2.23. The fraction of sp³-hybridized carbons (Fsp3) is 0.367. The second-order valence-electron chi connectivity index (χ2n) is 10.5. The van der Waals surface area contributed by atoms with E-state index in [1.807, 2.05) is 64.9 Å². The molecule has 0 heterocycles. The van der Waals surface area contributed by atoms with Crippen molar-refractivity contribution in [3.8, 4) is 11.1 Å². The van der Waals surface area contributed by atoms with Crippen LogP contribution in [-0.4, -0.2) is 33.3 Å². The highest BCUT2D eigenvalue weighted by Crippen LogP contribution is 2.34. The first-order valence-electron chi connectivity index (χ1n) is 12.5. The molecule has 1 amide bonds. The van der Waals surface area contributed by atoms with Gasteiger partial charge < -0.3 is 4.90 Å². The smallest absolute Gasteiger partial charge is 0.264 e. The molecule has 0 fully saturated rings. The number of benzene rings is 3. The molecule has 0 aliphatic rings. The molecule has 5 nitrogen and oxygen atoms in total. The maximum absolute atomic E-state index is 13.9. The van der Waals surface area contributed by atoms with Crippen LogP contribution in [0.3, 0.4) is 0 Å². The lowest BCUT2D eigenvalue weighted by Crippen LogP contribution is -2.32. The van der Waals surface area contributed by atoms with Crippen molar-refractivity contribution in [1.29, 1.82) is 0 Å². The molecule has 3 aromatic rings. The van der Waals surface area contributed by atoms with Gasteiger partial charge in [-0.15, -0.1) is 0 Å².